The maximum Gasteiger partial charge on any atom is 1.00 e. The first-order valence-corrected chi connectivity index (χ1v) is 3.93. The molecule has 0 aromatic rings. The summed E-state index contributed by atoms with van der Waals surface area (Å²) in [5.41, 5.74) is 0. The Bertz CT molecular complexity index is 99.1. The summed E-state index contributed by atoms with van der Waals surface area (Å²) in [6.45, 7) is 2.21. The number of Topliss-reactive ketones (excluding diaryl/α,β-unsaturated/α-hetero) is 1. The van der Waals surface area contributed by atoms with E-state index in [4.69, 9.17) is 5.11 Å². The van der Waals surface area contributed by atoms with Gasteiger partial charge >= 0.3 is 29.6 Å². The summed E-state index contributed by atoms with van der Waals surface area (Å²) in [4.78, 5) is 10.8. The molecule has 0 radical (unpaired) electrons. The van der Waals surface area contributed by atoms with Gasteiger partial charge in [-0.1, -0.05) is 6.92 Å². The van der Waals surface area contributed by atoms with Crippen molar-refractivity contribution < 1.29 is 40.9 Å². The predicted molar refractivity (Wildman–Crippen MR) is 42.0 cm³/mol. The molecule has 2 nitrogen and oxygen atoms in total. The van der Waals surface area contributed by atoms with Crippen LogP contribution in [-0.2, 0) is 4.79 Å². The number of rotatable bonds is 6. The molecule has 0 fully saturated rings. The zero-order valence-corrected chi connectivity index (χ0v) is 9.60. The van der Waals surface area contributed by atoms with Crippen molar-refractivity contribution in [2.24, 2.45) is 0 Å². The van der Waals surface area contributed by atoms with Crippen LogP contribution in [0.4, 0.5) is 0 Å². The molecule has 0 saturated heterocycles. The average molecular weight is 168 g/mol. The van der Waals surface area contributed by atoms with Crippen molar-refractivity contribution in [1.82, 2.24) is 0 Å². The van der Waals surface area contributed by atoms with Crippen LogP contribution < -0.4 is 29.6 Å². The third-order valence-electron chi connectivity index (χ3n) is 1.39. The molecule has 0 aliphatic carbocycles. The van der Waals surface area contributed by atoms with Crippen LogP contribution in [0.1, 0.15) is 40.5 Å². The summed E-state index contributed by atoms with van der Waals surface area (Å²) < 4.78 is 0. The van der Waals surface area contributed by atoms with Gasteiger partial charge in [-0.25, -0.2) is 0 Å². The van der Waals surface area contributed by atoms with Gasteiger partial charge in [0.15, 0.2) is 0 Å². The Kier molecular flexibility index (Phi) is 13.7. The van der Waals surface area contributed by atoms with E-state index in [0.717, 1.165) is 19.3 Å². The van der Waals surface area contributed by atoms with Gasteiger partial charge in [0.1, 0.15) is 5.78 Å². The smallest absolute Gasteiger partial charge is 1.00 e. The molecule has 0 aliphatic heterocycles. The largest absolute Gasteiger partial charge is 1.00 e. The number of aliphatic hydroxyl groups is 1. The Labute approximate surface area is 92.1 Å². The second kappa shape index (κ2) is 10.6. The topological polar surface area (TPSA) is 37.3 Å². The maximum atomic E-state index is 10.8. The second-order valence-corrected chi connectivity index (χ2v) is 2.47. The summed E-state index contributed by atoms with van der Waals surface area (Å²) in [5, 5.41) is 8.40. The molecule has 62 valence electrons. The zero-order valence-electron chi connectivity index (χ0n) is 8.60. The minimum absolute atomic E-state index is 0. The normalized spacial score (nSPS) is 8.91. The molecule has 0 atom stereocenters. The van der Waals surface area contributed by atoms with Crippen LogP contribution in [0, 0.1) is 0 Å². The molecule has 0 saturated carbocycles. The van der Waals surface area contributed by atoms with E-state index in [9.17, 15) is 4.79 Å². The molecule has 0 aromatic carbocycles. The molecule has 0 spiro atoms. The molecule has 0 amide bonds. The van der Waals surface area contributed by atoms with Crippen molar-refractivity contribution >= 4 is 5.78 Å². The van der Waals surface area contributed by atoms with Crippen LogP contribution in [0.5, 0.6) is 0 Å². The van der Waals surface area contributed by atoms with Crippen LogP contribution >= 0.6 is 0 Å². The Morgan fingerprint density at radius 3 is 2.45 bits per heavy atom. The summed E-state index contributed by atoms with van der Waals surface area (Å²) in [6.07, 6.45) is 3.89. The van der Waals surface area contributed by atoms with Crippen LogP contribution in [0.25, 0.3) is 0 Å². The first-order valence-electron chi connectivity index (χ1n) is 3.93. The van der Waals surface area contributed by atoms with Crippen molar-refractivity contribution in [2.45, 2.75) is 39.0 Å². The van der Waals surface area contributed by atoms with Gasteiger partial charge in [0.2, 0.25) is 0 Å². The SMILES string of the molecule is CCCC(=O)CCCCO.[H-].[Na+]. The molecule has 0 aliphatic rings. The summed E-state index contributed by atoms with van der Waals surface area (Å²) in [7, 11) is 0. The van der Waals surface area contributed by atoms with Crippen molar-refractivity contribution in [3.8, 4) is 0 Å². The molecule has 0 bridgehead atoms. The monoisotopic (exact) mass is 168 g/mol. The quantitative estimate of drug-likeness (QED) is 0.393. The van der Waals surface area contributed by atoms with Gasteiger partial charge < -0.3 is 6.53 Å². The number of carbonyl (C=O) groups excluding carboxylic acids is 1. The van der Waals surface area contributed by atoms with Crippen molar-refractivity contribution in [2.75, 3.05) is 6.61 Å². The van der Waals surface area contributed by atoms with Gasteiger partial charge in [-0.15, -0.1) is 0 Å². The maximum absolute atomic E-state index is 10.8. The fraction of sp³-hybridized carbons (Fsp3) is 0.875. The van der Waals surface area contributed by atoms with Gasteiger partial charge in [-0.05, 0) is 19.3 Å². The number of ketones is 1. The molecule has 0 rings (SSSR count). The summed E-state index contributed by atoms with van der Waals surface area (Å²) in [6, 6.07) is 0. The van der Waals surface area contributed by atoms with Gasteiger partial charge in [0.25, 0.3) is 0 Å². The van der Waals surface area contributed by atoms with Gasteiger partial charge in [-0.2, -0.15) is 0 Å². The van der Waals surface area contributed by atoms with Crippen LogP contribution in [0.3, 0.4) is 0 Å². The predicted octanol–water partition coefficient (Wildman–Crippen LogP) is -1.37. The Morgan fingerprint density at radius 2 is 2.00 bits per heavy atom. The van der Waals surface area contributed by atoms with Gasteiger partial charge in [0.05, 0.1) is 0 Å². The van der Waals surface area contributed by atoms with Crippen molar-refractivity contribution in [3.05, 3.63) is 0 Å². The third-order valence-corrected chi connectivity index (χ3v) is 1.39. The molecule has 0 unspecified atom stereocenters. The molecule has 0 aromatic heterocycles. The zero-order chi connectivity index (χ0) is 7.82. The van der Waals surface area contributed by atoms with E-state index in [2.05, 4.69) is 0 Å². The fourth-order valence-corrected chi connectivity index (χ4v) is 0.838. The van der Waals surface area contributed by atoms with E-state index in [1.54, 1.807) is 0 Å². The van der Waals surface area contributed by atoms with E-state index in [0.29, 0.717) is 18.6 Å². The molecular weight excluding hydrogens is 151 g/mol. The Morgan fingerprint density at radius 1 is 1.36 bits per heavy atom. The minimum atomic E-state index is 0. The Hall–Kier alpha value is 0.630. The van der Waals surface area contributed by atoms with E-state index in [1.165, 1.54) is 0 Å². The number of hydrogen-bond donors (Lipinski definition) is 1. The first kappa shape index (κ1) is 14.2. The standard InChI is InChI=1S/C8H16O2.Na.H/c1-2-5-8(10)6-3-4-7-9;;/h9H,2-7H2,1H3;;/q;+1;-1. The minimum Gasteiger partial charge on any atom is -1.00 e. The van der Waals surface area contributed by atoms with Gasteiger partial charge in [-0.3, -0.25) is 4.79 Å². The second-order valence-electron chi connectivity index (χ2n) is 2.47. The van der Waals surface area contributed by atoms with Crippen LogP contribution in [0.2, 0.25) is 0 Å². The molecule has 3 heteroatoms. The summed E-state index contributed by atoms with van der Waals surface area (Å²) >= 11 is 0. The Balaban J connectivity index is -0.000000405. The molecule has 0 heterocycles. The van der Waals surface area contributed by atoms with E-state index < -0.39 is 0 Å². The van der Waals surface area contributed by atoms with E-state index in [1.807, 2.05) is 6.92 Å². The number of aliphatic hydroxyl groups excluding tert-OH is 1. The summed E-state index contributed by atoms with van der Waals surface area (Å²) in [5.74, 6) is 0.330. The average Bonchev–Trinajstić information content (AvgIpc) is 1.89. The van der Waals surface area contributed by atoms with Crippen LogP contribution in [-0.4, -0.2) is 17.5 Å². The van der Waals surface area contributed by atoms with E-state index >= 15 is 0 Å². The number of unbranched alkanes of at least 4 members (excludes halogenated alkanes) is 1. The molecular formula is C8H17NaO2. The molecule has 11 heavy (non-hydrogen) atoms. The number of carbonyl (C=O) groups is 1. The first-order chi connectivity index (χ1) is 4.81. The third kappa shape index (κ3) is 10.6. The van der Waals surface area contributed by atoms with E-state index in [-0.39, 0.29) is 37.6 Å². The fourth-order valence-electron chi connectivity index (χ4n) is 0.838. The van der Waals surface area contributed by atoms with Crippen molar-refractivity contribution in [1.29, 1.82) is 0 Å². The van der Waals surface area contributed by atoms with Gasteiger partial charge in [0, 0.05) is 19.4 Å². The van der Waals surface area contributed by atoms with Crippen molar-refractivity contribution in [3.63, 3.8) is 0 Å². The number of hydrogen-bond acceptors (Lipinski definition) is 2. The molecule has 1 N–H and O–H groups in total. The van der Waals surface area contributed by atoms with Crippen LogP contribution in [0.15, 0.2) is 0 Å².